The highest BCUT2D eigenvalue weighted by atomic mass is 32.2. The molecule has 2 aliphatic rings. The molecule has 2 heterocycles. The normalized spacial score (nSPS) is 23.2. The van der Waals surface area contributed by atoms with Crippen LogP contribution < -0.4 is 0 Å². The number of hydrogen-bond acceptors (Lipinski definition) is 4. The van der Waals surface area contributed by atoms with Crippen LogP contribution in [0.3, 0.4) is 0 Å². The Balaban J connectivity index is 1.57. The summed E-state index contributed by atoms with van der Waals surface area (Å²) in [7, 11) is -3.87. The number of piperazine rings is 1. The van der Waals surface area contributed by atoms with Gasteiger partial charge in [0.2, 0.25) is 15.9 Å². The molecule has 1 atom stereocenters. The first-order valence-electron chi connectivity index (χ1n) is 9.13. The zero-order valence-corrected chi connectivity index (χ0v) is 15.9. The average molecular weight is 383 g/mol. The first-order chi connectivity index (χ1) is 12.4. The van der Waals surface area contributed by atoms with Crippen LogP contribution in [0.5, 0.6) is 0 Å². The highest BCUT2D eigenvalue weighted by Crippen LogP contribution is 2.21. The summed E-state index contributed by atoms with van der Waals surface area (Å²) >= 11 is 0. The van der Waals surface area contributed by atoms with Crippen LogP contribution in [-0.2, 0) is 14.8 Å². The molecule has 0 aromatic heterocycles. The van der Waals surface area contributed by atoms with Gasteiger partial charge in [-0.05, 0) is 37.4 Å². The van der Waals surface area contributed by atoms with Crippen molar-refractivity contribution >= 4 is 15.9 Å². The Morgan fingerprint density at radius 3 is 2.50 bits per heavy atom. The van der Waals surface area contributed by atoms with Gasteiger partial charge in [0, 0.05) is 32.7 Å². The quantitative estimate of drug-likeness (QED) is 0.788. The van der Waals surface area contributed by atoms with E-state index in [1.165, 1.54) is 28.9 Å². The van der Waals surface area contributed by atoms with Crippen LogP contribution in [0.15, 0.2) is 29.2 Å². The molecule has 2 aliphatic heterocycles. The number of rotatable bonds is 4. The molecule has 0 saturated carbocycles. The van der Waals surface area contributed by atoms with E-state index in [0.29, 0.717) is 25.6 Å². The van der Waals surface area contributed by atoms with Gasteiger partial charge in [0.1, 0.15) is 10.7 Å². The molecule has 3 rings (SSSR count). The summed E-state index contributed by atoms with van der Waals surface area (Å²) in [6, 6.07) is 5.40. The Morgan fingerprint density at radius 1 is 1.15 bits per heavy atom. The first-order valence-corrected chi connectivity index (χ1v) is 10.6. The smallest absolute Gasteiger partial charge is 0.246 e. The molecule has 1 amide bonds. The van der Waals surface area contributed by atoms with E-state index in [1.54, 1.807) is 4.90 Å². The molecule has 26 heavy (non-hydrogen) atoms. The number of halogens is 1. The topological polar surface area (TPSA) is 60.9 Å². The number of piperidine rings is 1. The van der Waals surface area contributed by atoms with Crippen LogP contribution in [0.25, 0.3) is 0 Å². The molecular weight excluding hydrogens is 357 g/mol. The molecule has 0 unspecified atom stereocenters. The minimum atomic E-state index is -3.87. The molecule has 2 saturated heterocycles. The minimum Gasteiger partial charge on any atom is -0.339 e. The summed E-state index contributed by atoms with van der Waals surface area (Å²) in [5.74, 6) is -0.0911. The molecule has 2 fully saturated rings. The molecule has 0 radical (unpaired) electrons. The number of hydrogen-bond donors (Lipinski definition) is 0. The Kier molecular flexibility index (Phi) is 5.94. The van der Waals surface area contributed by atoms with Crippen LogP contribution in [0.4, 0.5) is 4.39 Å². The molecule has 6 nitrogen and oxygen atoms in total. The lowest BCUT2D eigenvalue weighted by Gasteiger charge is -2.36. The molecule has 0 aliphatic carbocycles. The average Bonchev–Trinajstić information content (AvgIpc) is 2.62. The number of sulfonamides is 1. The van der Waals surface area contributed by atoms with Crippen LogP contribution in [-0.4, -0.2) is 74.2 Å². The lowest BCUT2D eigenvalue weighted by atomic mass is 10.0. The van der Waals surface area contributed by atoms with Crippen LogP contribution in [0, 0.1) is 11.7 Å². The van der Waals surface area contributed by atoms with Crippen LogP contribution in [0.1, 0.15) is 19.8 Å². The van der Waals surface area contributed by atoms with Gasteiger partial charge in [-0.3, -0.25) is 9.69 Å². The molecule has 0 N–H and O–H groups in total. The van der Waals surface area contributed by atoms with Crippen molar-refractivity contribution in [3.63, 3.8) is 0 Å². The van der Waals surface area contributed by atoms with Crippen molar-refractivity contribution in [2.75, 3.05) is 45.8 Å². The van der Waals surface area contributed by atoms with E-state index < -0.39 is 15.8 Å². The third kappa shape index (κ3) is 4.24. The fourth-order valence-electron chi connectivity index (χ4n) is 3.69. The van der Waals surface area contributed by atoms with E-state index in [9.17, 15) is 17.6 Å². The van der Waals surface area contributed by atoms with Gasteiger partial charge in [-0.2, -0.15) is 4.31 Å². The number of carbonyl (C=O) groups excluding carboxylic acids is 1. The van der Waals surface area contributed by atoms with E-state index in [-0.39, 0.29) is 23.9 Å². The van der Waals surface area contributed by atoms with Gasteiger partial charge < -0.3 is 4.90 Å². The van der Waals surface area contributed by atoms with Crippen molar-refractivity contribution < 1.29 is 17.6 Å². The van der Waals surface area contributed by atoms with E-state index in [2.05, 4.69) is 11.8 Å². The van der Waals surface area contributed by atoms with Gasteiger partial charge in [0.05, 0.1) is 6.54 Å². The minimum absolute atomic E-state index is 0.0436. The number of likely N-dealkylation sites (tertiary alicyclic amines) is 1. The summed E-state index contributed by atoms with van der Waals surface area (Å²) in [5, 5.41) is 0. The van der Waals surface area contributed by atoms with Gasteiger partial charge in [0.15, 0.2) is 0 Å². The molecule has 8 heteroatoms. The van der Waals surface area contributed by atoms with E-state index >= 15 is 0 Å². The van der Waals surface area contributed by atoms with Crippen molar-refractivity contribution in [3.05, 3.63) is 30.1 Å². The standard InChI is InChI=1S/C18H26FN3O3S/c1-15-5-4-8-20(13-15)14-18(23)21-9-11-22(12-10-21)26(24,25)17-7-3-2-6-16(17)19/h2-3,6-7,15H,4-5,8-14H2,1H3/t15-/m0/s1. The van der Waals surface area contributed by atoms with Crippen molar-refractivity contribution in [1.29, 1.82) is 0 Å². The predicted octanol–water partition coefficient (Wildman–Crippen LogP) is 1.39. The Bertz CT molecular complexity index is 748. The molecule has 144 valence electrons. The number of amides is 1. The van der Waals surface area contributed by atoms with E-state index in [4.69, 9.17) is 0 Å². The van der Waals surface area contributed by atoms with Crippen molar-refractivity contribution in [2.45, 2.75) is 24.7 Å². The lowest BCUT2D eigenvalue weighted by Crippen LogP contribution is -2.53. The second-order valence-electron chi connectivity index (χ2n) is 7.20. The zero-order chi connectivity index (χ0) is 18.7. The van der Waals surface area contributed by atoms with Gasteiger partial charge in [-0.15, -0.1) is 0 Å². The maximum Gasteiger partial charge on any atom is 0.246 e. The third-order valence-corrected chi connectivity index (χ3v) is 7.08. The summed E-state index contributed by atoms with van der Waals surface area (Å²) in [6.45, 7) is 5.54. The SMILES string of the molecule is C[C@H]1CCCN(CC(=O)N2CCN(S(=O)(=O)c3ccccc3F)CC2)C1. The molecule has 1 aromatic rings. The largest absolute Gasteiger partial charge is 0.339 e. The maximum atomic E-state index is 13.9. The molecule has 0 bridgehead atoms. The van der Waals surface area contributed by atoms with Gasteiger partial charge >= 0.3 is 0 Å². The number of carbonyl (C=O) groups is 1. The highest BCUT2D eigenvalue weighted by Gasteiger charge is 2.32. The maximum absolute atomic E-state index is 13.9. The van der Waals surface area contributed by atoms with E-state index in [0.717, 1.165) is 25.6 Å². The Hall–Kier alpha value is -1.51. The lowest BCUT2D eigenvalue weighted by molar-refractivity contribution is -0.134. The molecular formula is C18H26FN3O3S. The third-order valence-electron chi connectivity index (χ3n) is 5.15. The van der Waals surface area contributed by atoms with E-state index in [1.807, 2.05) is 0 Å². The molecule has 0 spiro atoms. The zero-order valence-electron chi connectivity index (χ0n) is 15.1. The van der Waals surface area contributed by atoms with Crippen molar-refractivity contribution in [3.8, 4) is 0 Å². The Labute approximate surface area is 154 Å². The first kappa shape index (κ1) is 19.3. The van der Waals surface area contributed by atoms with Gasteiger partial charge in [-0.1, -0.05) is 19.1 Å². The summed E-state index contributed by atoms with van der Waals surface area (Å²) < 4.78 is 40.3. The number of benzene rings is 1. The predicted molar refractivity (Wildman–Crippen MR) is 96.6 cm³/mol. The molecule has 1 aromatic carbocycles. The second-order valence-corrected chi connectivity index (χ2v) is 9.10. The van der Waals surface area contributed by atoms with Crippen LogP contribution in [0.2, 0.25) is 0 Å². The van der Waals surface area contributed by atoms with Crippen molar-refractivity contribution in [2.24, 2.45) is 5.92 Å². The highest BCUT2D eigenvalue weighted by molar-refractivity contribution is 7.89. The Morgan fingerprint density at radius 2 is 1.85 bits per heavy atom. The van der Waals surface area contributed by atoms with Gasteiger partial charge in [0.25, 0.3) is 0 Å². The fraction of sp³-hybridized carbons (Fsp3) is 0.611. The second kappa shape index (κ2) is 8.02. The monoisotopic (exact) mass is 383 g/mol. The summed E-state index contributed by atoms with van der Waals surface area (Å²) in [6.07, 6.45) is 2.32. The van der Waals surface area contributed by atoms with Crippen LogP contribution >= 0.6 is 0 Å². The number of nitrogens with zero attached hydrogens (tertiary/aromatic N) is 3. The summed E-state index contributed by atoms with van der Waals surface area (Å²) in [5.41, 5.74) is 0. The fourth-order valence-corrected chi connectivity index (χ4v) is 5.18. The van der Waals surface area contributed by atoms with Gasteiger partial charge in [-0.25, -0.2) is 12.8 Å². The summed E-state index contributed by atoms with van der Waals surface area (Å²) in [4.78, 5) is 16.1. The van der Waals surface area contributed by atoms with Crippen molar-refractivity contribution in [1.82, 2.24) is 14.1 Å².